The molecular weight excluding hydrogens is 354 g/mol. The van der Waals surface area contributed by atoms with E-state index in [1.54, 1.807) is 30.5 Å². The molecule has 28 heavy (non-hydrogen) atoms. The lowest BCUT2D eigenvalue weighted by atomic mass is 9.97. The highest BCUT2D eigenvalue weighted by Crippen LogP contribution is 2.28. The first-order chi connectivity index (χ1) is 13.3. The maximum Gasteiger partial charge on any atom is 0.261 e. The summed E-state index contributed by atoms with van der Waals surface area (Å²) >= 11 is 0. The summed E-state index contributed by atoms with van der Waals surface area (Å²) in [4.78, 5) is 35.1. The van der Waals surface area contributed by atoms with Gasteiger partial charge in [-0.15, -0.1) is 0 Å². The summed E-state index contributed by atoms with van der Waals surface area (Å²) in [7, 11) is 0. The third-order valence-electron chi connectivity index (χ3n) is 4.65. The maximum atomic E-state index is 12.7. The molecule has 2 amide bonds. The van der Waals surface area contributed by atoms with Crippen molar-refractivity contribution in [1.29, 1.82) is 5.26 Å². The van der Waals surface area contributed by atoms with Gasteiger partial charge in [0.05, 0.1) is 17.7 Å². The van der Waals surface area contributed by atoms with E-state index in [0.29, 0.717) is 23.3 Å². The standard InChI is InChI=1S/C21H19N5O2/c1-21(2,3)12-26-14(8-13-10-23-17(9-22)24-18(13)26)11-25-19(27)15-6-4-5-7-16(15)20(25)28/h4-8,10H,11-12H2,1-3H3. The van der Waals surface area contributed by atoms with E-state index in [4.69, 9.17) is 5.26 Å². The number of carbonyl (C=O) groups excluding carboxylic acids is 2. The van der Waals surface area contributed by atoms with E-state index in [0.717, 1.165) is 11.1 Å². The number of fused-ring (bicyclic) bond motifs is 2. The molecule has 2 aromatic heterocycles. The lowest BCUT2D eigenvalue weighted by Gasteiger charge is -2.23. The van der Waals surface area contributed by atoms with Gasteiger partial charge >= 0.3 is 0 Å². The van der Waals surface area contributed by atoms with E-state index < -0.39 is 0 Å². The Morgan fingerprint density at radius 2 is 1.75 bits per heavy atom. The Kier molecular flexibility index (Phi) is 4.00. The van der Waals surface area contributed by atoms with E-state index in [9.17, 15) is 9.59 Å². The van der Waals surface area contributed by atoms with Gasteiger partial charge in [-0.05, 0) is 23.6 Å². The molecule has 0 fully saturated rings. The molecule has 1 aliphatic rings. The van der Waals surface area contributed by atoms with Gasteiger partial charge in [0.15, 0.2) is 0 Å². The van der Waals surface area contributed by atoms with Crippen LogP contribution in [0.15, 0.2) is 36.5 Å². The molecule has 0 N–H and O–H groups in total. The summed E-state index contributed by atoms with van der Waals surface area (Å²) in [5, 5.41) is 9.92. The van der Waals surface area contributed by atoms with Crippen LogP contribution in [-0.2, 0) is 13.1 Å². The number of aromatic nitrogens is 3. The van der Waals surface area contributed by atoms with Crippen LogP contribution in [0.2, 0.25) is 0 Å². The third-order valence-corrected chi connectivity index (χ3v) is 4.65. The molecule has 0 atom stereocenters. The molecule has 0 saturated heterocycles. The van der Waals surface area contributed by atoms with E-state index in [2.05, 4.69) is 30.7 Å². The Hall–Kier alpha value is -3.53. The number of hydrogen-bond donors (Lipinski definition) is 0. The van der Waals surface area contributed by atoms with Crippen LogP contribution in [0.25, 0.3) is 11.0 Å². The van der Waals surface area contributed by atoms with Crippen molar-refractivity contribution in [3.63, 3.8) is 0 Å². The van der Waals surface area contributed by atoms with Gasteiger partial charge in [0.1, 0.15) is 11.7 Å². The van der Waals surface area contributed by atoms with Gasteiger partial charge in [0.2, 0.25) is 5.82 Å². The van der Waals surface area contributed by atoms with Crippen LogP contribution < -0.4 is 0 Å². The average molecular weight is 373 g/mol. The van der Waals surface area contributed by atoms with Crippen molar-refractivity contribution in [3.8, 4) is 6.07 Å². The highest BCUT2D eigenvalue weighted by atomic mass is 16.2. The molecule has 0 aliphatic carbocycles. The van der Waals surface area contributed by atoms with Gasteiger partial charge in [0, 0.05) is 23.8 Å². The van der Waals surface area contributed by atoms with Gasteiger partial charge in [-0.3, -0.25) is 14.5 Å². The molecule has 0 saturated carbocycles. The summed E-state index contributed by atoms with van der Waals surface area (Å²) in [5.41, 5.74) is 2.20. The topological polar surface area (TPSA) is 91.9 Å². The number of benzene rings is 1. The Morgan fingerprint density at radius 1 is 1.11 bits per heavy atom. The van der Waals surface area contributed by atoms with Crippen molar-refractivity contribution in [1.82, 2.24) is 19.4 Å². The minimum absolute atomic E-state index is 0.0690. The zero-order valence-electron chi connectivity index (χ0n) is 15.9. The van der Waals surface area contributed by atoms with E-state index in [1.807, 2.05) is 16.7 Å². The van der Waals surface area contributed by atoms with Crippen LogP contribution in [0.1, 0.15) is 53.0 Å². The summed E-state index contributed by atoms with van der Waals surface area (Å²) in [6.45, 7) is 7.04. The van der Waals surface area contributed by atoms with Crippen molar-refractivity contribution in [2.45, 2.75) is 33.9 Å². The summed E-state index contributed by atoms with van der Waals surface area (Å²) in [6, 6.07) is 10.7. The summed E-state index contributed by atoms with van der Waals surface area (Å²) < 4.78 is 1.97. The van der Waals surface area contributed by atoms with Gasteiger partial charge in [-0.1, -0.05) is 32.9 Å². The van der Waals surface area contributed by atoms with E-state index in [-0.39, 0.29) is 29.6 Å². The van der Waals surface area contributed by atoms with Crippen LogP contribution in [0.3, 0.4) is 0 Å². The first-order valence-corrected chi connectivity index (χ1v) is 8.99. The molecule has 0 radical (unpaired) electrons. The molecular formula is C21H19N5O2. The fourth-order valence-corrected chi connectivity index (χ4v) is 3.47. The minimum Gasteiger partial charge on any atom is -0.327 e. The number of nitriles is 1. The summed E-state index contributed by atoms with van der Waals surface area (Å²) in [5.74, 6) is -0.498. The van der Waals surface area contributed by atoms with Gasteiger partial charge in [0.25, 0.3) is 11.8 Å². The molecule has 7 heteroatoms. The zero-order chi connectivity index (χ0) is 20.1. The largest absolute Gasteiger partial charge is 0.327 e. The lowest BCUT2D eigenvalue weighted by Crippen LogP contribution is -2.30. The second kappa shape index (κ2) is 6.27. The van der Waals surface area contributed by atoms with Crippen LogP contribution in [0, 0.1) is 16.7 Å². The normalized spacial score (nSPS) is 13.9. The van der Waals surface area contributed by atoms with Crippen molar-refractivity contribution in [2.75, 3.05) is 0 Å². The van der Waals surface area contributed by atoms with Crippen molar-refractivity contribution in [3.05, 3.63) is 59.2 Å². The van der Waals surface area contributed by atoms with Crippen molar-refractivity contribution >= 4 is 22.8 Å². The number of rotatable bonds is 3. The quantitative estimate of drug-likeness (QED) is 0.658. The predicted molar refractivity (Wildman–Crippen MR) is 102 cm³/mol. The van der Waals surface area contributed by atoms with Crippen LogP contribution >= 0.6 is 0 Å². The number of imide groups is 1. The molecule has 0 unspecified atom stereocenters. The molecule has 3 heterocycles. The third kappa shape index (κ3) is 2.93. The lowest BCUT2D eigenvalue weighted by molar-refractivity contribution is 0.0638. The molecule has 1 aromatic carbocycles. The Morgan fingerprint density at radius 3 is 2.32 bits per heavy atom. The number of amides is 2. The Labute approximate surface area is 162 Å². The minimum atomic E-state index is -0.294. The first-order valence-electron chi connectivity index (χ1n) is 8.99. The van der Waals surface area contributed by atoms with Crippen LogP contribution in [0.5, 0.6) is 0 Å². The van der Waals surface area contributed by atoms with Gasteiger partial charge < -0.3 is 4.57 Å². The van der Waals surface area contributed by atoms with Gasteiger partial charge in [-0.2, -0.15) is 5.26 Å². The van der Waals surface area contributed by atoms with E-state index >= 15 is 0 Å². The molecule has 7 nitrogen and oxygen atoms in total. The fraction of sp³-hybridized carbons (Fsp3) is 0.286. The Bertz CT molecular complexity index is 1130. The monoisotopic (exact) mass is 373 g/mol. The highest BCUT2D eigenvalue weighted by molar-refractivity contribution is 6.21. The number of hydrogen-bond acceptors (Lipinski definition) is 5. The fourth-order valence-electron chi connectivity index (χ4n) is 3.47. The molecule has 1 aliphatic heterocycles. The number of carbonyl (C=O) groups is 2. The maximum absolute atomic E-state index is 12.7. The van der Waals surface area contributed by atoms with E-state index in [1.165, 1.54) is 4.90 Å². The van der Waals surface area contributed by atoms with Crippen molar-refractivity contribution in [2.24, 2.45) is 5.41 Å². The zero-order valence-corrected chi connectivity index (χ0v) is 15.9. The molecule has 0 spiro atoms. The molecule has 0 bridgehead atoms. The van der Waals surface area contributed by atoms with Gasteiger partial charge in [-0.25, -0.2) is 9.97 Å². The first kappa shape index (κ1) is 17.9. The number of nitrogens with zero attached hydrogens (tertiary/aromatic N) is 5. The SMILES string of the molecule is CC(C)(C)Cn1c(CN2C(=O)c3ccccc3C2=O)cc2cnc(C#N)nc21. The van der Waals surface area contributed by atoms with Crippen LogP contribution in [0.4, 0.5) is 0 Å². The van der Waals surface area contributed by atoms with Crippen LogP contribution in [-0.4, -0.2) is 31.2 Å². The summed E-state index contributed by atoms with van der Waals surface area (Å²) in [6.07, 6.45) is 1.60. The second-order valence-corrected chi connectivity index (χ2v) is 8.11. The molecule has 140 valence electrons. The molecule has 4 rings (SSSR count). The average Bonchev–Trinajstić information content (AvgIpc) is 3.11. The molecule has 3 aromatic rings. The van der Waals surface area contributed by atoms with Crippen molar-refractivity contribution < 1.29 is 9.59 Å². The highest BCUT2D eigenvalue weighted by Gasteiger charge is 2.36. The predicted octanol–water partition coefficient (Wildman–Crippen LogP) is 3.15. The Balaban J connectivity index is 1.79. The smallest absolute Gasteiger partial charge is 0.261 e. The second-order valence-electron chi connectivity index (χ2n) is 8.11.